The van der Waals surface area contributed by atoms with Gasteiger partial charge in [-0.15, -0.1) is 10.2 Å². The summed E-state index contributed by atoms with van der Waals surface area (Å²) < 4.78 is 38.2. The Morgan fingerprint density at radius 2 is 2.04 bits per heavy atom. The molecule has 0 saturated carbocycles. The number of tetrazole rings is 1. The molecule has 1 aromatic carbocycles. The molecule has 0 saturated heterocycles. The van der Waals surface area contributed by atoms with Crippen molar-refractivity contribution in [1.29, 1.82) is 0 Å². The fourth-order valence-corrected chi connectivity index (χ4v) is 1.88. The molecule has 2 aromatic rings. The highest BCUT2D eigenvalue weighted by Gasteiger charge is 2.30. The summed E-state index contributed by atoms with van der Waals surface area (Å²) in [6.07, 6.45) is -4.48. The van der Waals surface area contributed by atoms with Crippen molar-refractivity contribution in [3.63, 3.8) is 0 Å². The summed E-state index contributed by atoms with van der Waals surface area (Å²) in [5.41, 5.74) is -0.699. The second-order valence-corrected chi connectivity index (χ2v) is 5.14. The van der Waals surface area contributed by atoms with Gasteiger partial charge in [0.1, 0.15) is 6.54 Å². The predicted octanol–water partition coefficient (Wildman–Crippen LogP) is 0.563. The molecule has 0 fully saturated rings. The topological polar surface area (TPSA) is 93.0 Å². The number of hydrogen-bond acceptors (Lipinski definition) is 5. The Morgan fingerprint density at radius 3 is 2.68 bits per heavy atom. The summed E-state index contributed by atoms with van der Waals surface area (Å²) in [5, 5.41) is 13.6. The largest absolute Gasteiger partial charge is 0.416 e. The second-order valence-electron chi connectivity index (χ2n) is 5.14. The van der Waals surface area contributed by atoms with Crippen molar-refractivity contribution in [2.45, 2.75) is 12.7 Å². The SMILES string of the molecule is CNC(=O)CN(C)C(=O)Cn1nnc(-c2cccc(C(F)(F)F)c2)n1. The van der Waals surface area contributed by atoms with Crippen molar-refractivity contribution in [3.8, 4) is 11.4 Å². The number of likely N-dealkylation sites (N-methyl/N-ethyl adjacent to an activating group) is 2. The van der Waals surface area contributed by atoms with E-state index in [-0.39, 0.29) is 30.4 Å². The minimum atomic E-state index is -4.48. The first kappa shape index (κ1) is 18.4. The molecule has 0 radical (unpaired) electrons. The quantitative estimate of drug-likeness (QED) is 0.845. The van der Waals surface area contributed by atoms with Gasteiger partial charge in [-0.25, -0.2) is 0 Å². The molecule has 0 aliphatic carbocycles. The number of benzene rings is 1. The zero-order chi connectivity index (χ0) is 18.6. The summed E-state index contributed by atoms with van der Waals surface area (Å²) in [6.45, 7) is -0.427. The van der Waals surface area contributed by atoms with Crippen molar-refractivity contribution in [2.75, 3.05) is 20.6 Å². The Labute approximate surface area is 140 Å². The Bertz CT molecular complexity index is 774. The van der Waals surface area contributed by atoms with Crippen LogP contribution in [0.2, 0.25) is 0 Å². The number of halogens is 3. The van der Waals surface area contributed by atoms with Crippen LogP contribution in [-0.2, 0) is 22.3 Å². The van der Waals surface area contributed by atoms with Crippen molar-refractivity contribution in [3.05, 3.63) is 29.8 Å². The van der Waals surface area contributed by atoms with Crippen LogP contribution in [0.1, 0.15) is 5.56 Å². The van der Waals surface area contributed by atoms with Crippen molar-refractivity contribution in [1.82, 2.24) is 30.4 Å². The van der Waals surface area contributed by atoms with E-state index in [4.69, 9.17) is 0 Å². The maximum Gasteiger partial charge on any atom is 0.416 e. The van der Waals surface area contributed by atoms with Crippen LogP contribution >= 0.6 is 0 Å². The van der Waals surface area contributed by atoms with Gasteiger partial charge in [-0.05, 0) is 17.3 Å². The summed E-state index contributed by atoms with van der Waals surface area (Å²) in [5.74, 6) is -0.823. The van der Waals surface area contributed by atoms with E-state index in [2.05, 4.69) is 20.7 Å². The third-order valence-electron chi connectivity index (χ3n) is 3.26. The minimum Gasteiger partial charge on any atom is -0.358 e. The predicted molar refractivity (Wildman–Crippen MR) is 80.0 cm³/mol. The monoisotopic (exact) mass is 356 g/mol. The molecule has 0 bridgehead atoms. The van der Waals surface area contributed by atoms with Gasteiger partial charge in [-0.2, -0.15) is 18.0 Å². The van der Waals surface area contributed by atoms with E-state index in [1.807, 2.05) is 0 Å². The standard InChI is InChI=1S/C14H15F3N6O2/c1-18-11(24)7-22(2)12(25)8-23-20-13(19-21-23)9-4-3-5-10(6-9)14(15,16)17/h3-6H,7-8H2,1-2H3,(H,18,24). The number of nitrogens with zero attached hydrogens (tertiary/aromatic N) is 5. The number of alkyl halides is 3. The lowest BCUT2D eigenvalue weighted by Crippen LogP contribution is -2.38. The van der Waals surface area contributed by atoms with Gasteiger partial charge in [-0.1, -0.05) is 12.1 Å². The van der Waals surface area contributed by atoms with Crippen LogP contribution in [0.15, 0.2) is 24.3 Å². The number of rotatable bonds is 5. The number of amides is 2. The van der Waals surface area contributed by atoms with E-state index in [1.165, 1.54) is 31.1 Å². The van der Waals surface area contributed by atoms with E-state index < -0.39 is 17.6 Å². The van der Waals surface area contributed by atoms with Gasteiger partial charge in [0.25, 0.3) is 0 Å². The van der Waals surface area contributed by atoms with E-state index in [9.17, 15) is 22.8 Å². The van der Waals surface area contributed by atoms with Crippen molar-refractivity contribution in [2.24, 2.45) is 0 Å². The zero-order valence-corrected chi connectivity index (χ0v) is 13.4. The van der Waals surface area contributed by atoms with Gasteiger partial charge in [-0.3, -0.25) is 9.59 Å². The molecule has 2 rings (SSSR count). The average molecular weight is 356 g/mol. The highest BCUT2D eigenvalue weighted by atomic mass is 19.4. The van der Waals surface area contributed by atoms with E-state index in [0.29, 0.717) is 0 Å². The maximum absolute atomic E-state index is 12.7. The number of carbonyl (C=O) groups excluding carboxylic acids is 2. The zero-order valence-electron chi connectivity index (χ0n) is 13.4. The van der Waals surface area contributed by atoms with Crippen LogP contribution < -0.4 is 5.32 Å². The lowest BCUT2D eigenvalue weighted by atomic mass is 10.1. The van der Waals surface area contributed by atoms with Gasteiger partial charge in [0.2, 0.25) is 17.6 Å². The smallest absolute Gasteiger partial charge is 0.358 e. The Hall–Kier alpha value is -2.98. The normalized spacial score (nSPS) is 11.2. The first-order valence-electron chi connectivity index (χ1n) is 7.10. The molecule has 0 spiro atoms. The first-order chi connectivity index (χ1) is 11.7. The number of nitrogens with one attached hydrogen (secondary N) is 1. The highest BCUT2D eigenvalue weighted by molar-refractivity contribution is 5.84. The number of hydrogen-bond donors (Lipinski definition) is 1. The molecular weight excluding hydrogens is 341 g/mol. The lowest BCUT2D eigenvalue weighted by molar-refractivity contribution is -0.137. The van der Waals surface area contributed by atoms with Crippen LogP contribution in [0.4, 0.5) is 13.2 Å². The van der Waals surface area contributed by atoms with Gasteiger partial charge >= 0.3 is 6.18 Å². The summed E-state index contributed by atoms with van der Waals surface area (Å²) >= 11 is 0. The Kier molecular flexibility index (Phi) is 5.35. The van der Waals surface area contributed by atoms with Gasteiger partial charge in [0.15, 0.2) is 0 Å². The first-order valence-corrected chi connectivity index (χ1v) is 7.10. The Morgan fingerprint density at radius 1 is 1.32 bits per heavy atom. The third-order valence-corrected chi connectivity index (χ3v) is 3.26. The van der Waals surface area contributed by atoms with E-state index in [1.54, 1.807) is 0 Å². The summed E-state index contributed by atoms with van der Waals surface area (Å²) in [4.78, 5) is 25.3. The molecule has 1 heterocycles. The molecule has 25 heavy (non-hydrogen) atoms. The number of aromatic nitrogens is 4. The molecule has 1 N–H and O–H groups in total. The van der Waals surface area contributed by atoms with Crippen LogP contribution in [0.3, 0.4) is 0 Å². The fourth-order valence-electron chi connectivity index (χ4n) is 1.88. The van der Waals surface area contributed by atoms with Gasteiger partial charge < -0.3 is 10.2 Å². The van der Waals surface area contributed by atoms with Crippen molar-refractivity contribution < 1.29 is 22.8 Å². The third kappa shape index (κ3) is 4.75. The van der Waals surface area contributed by atoms with Gasteiger partial charge in [0.05, 0.1) is 12.1 Å². The lowest BCUT2D eigenvalue weighted by Gasteiger charge is -2.15. The molecule has 134 valence electrons. The highest BCUT2D eigenvalue weighted by Crippen LogP contribution is 2.31. The fraction of sp³-hybridized carbons (Fsp3) is 0.357. The van der Waals surface area contributed by atoms with E-state index >= 15 is 0 Å². The maximum atomic E-state index is 12.7. The molecule has 1 aromatic heterocycles. The molecule has 0 aliphatic heterocycles. The minimum absolute atomic E-state index is 0.0344. The van der Waals surface area contributed by atoms with Crippen LogP contribution in [0, 0.1) is 0 Å². The van der Waals surface area contributed by atoms with Gasteiger partial charge in [0, 0.05) is 19.7 Å². The van der Waals surface area contributed by atoms with Crippen LogP contribution in [0.5, 0.6) is 0 Å². The summed E-state index contributed by atoms with van der Waals surface area (Å²) in [7, 11) is 2.88. The van der Waals surface area contributed by atoms with Crippen LogP contribution in [0.25, 0.3) is 11.4 Å². The second kappa shape index (κ2) is 7.28. The molecule has 2 amide bonds. The molecule has 11 heteroatoms. The number of carbonyl (C=O) groups is 2. The molecule has 8 nitrogen and oxygen atoms in total. The summed E-state index contributed by atoms with van der Waals surface area (Å²) in [6, 6.07) is 4.49. The van der Waals surface area contributed by atoms with Crippen LogP contribution in [-0.4, -0.2) is 57.6 Å². The van der Waals surface area contributed by atoms with Crippen molar-refractivity contribution >= 4 is 11.8 Å². The molecule has 0 atom stereocenters. The average Bonchev–Trinajstić information content (AvgIpc) is 3.02. The molecular formula is C14H15F3N6O2. The molecule has 0 unspecified atom stereocenters. The van der Waals surface area contributed by atoms with E-state index in [0.717, 1.165) is 16.9 Å². The molecule has 0 aliphatic rings. The Balaban J connectivity index is 2.10.